The van der Waals surface area contributed by atoms with Gasteiger partial charge in [0.1, 0.15) is 0 Å². The Labute approximate surface area is 71.3 Å². The fourth-order valence-electron chi connectivity index (χ4n) is 0.659. The molecule has 0 aliphatic heterocycles. The summed E-state index contributed by atoms with van der Waals surface area (Å²) in [6.07, 6.45) is 1.58. The average molecular weight is 220 g/mol. The third-order valence-corrected chi connectivity index (χ3v) is 1.48. The van der Waals surface area contributed by atoms with Crippen LogP contribution in [0.2, 0.25) is 0 Å². The molecule has 6 heteroatoms. The van der Waals surface area contributed by atoms with Gasteiger partial charge in [-0.1, -0.05) is 15.9 Å². The van der Waals surface area contributed by atoms with Crippen LogP contribution < -0.4 is 0 Å². The van der Waals surface area contributed by atoms with Gasteiger partial charge in [-0.15, -0.1) is 0 Å². The summed E-state index contributed by atoms with van der Waals surface area (Å²) in [4.78, 5) is 9.63. The lowest BCUT2D eigenvalue weighted by Crippen LogP contribution is -2.00. The van der Waals surface area contributed by atoms with E-state index in [1.54, 1.807) is 6.20 Å². The topological polar surface area (TPSA) is 61.0 Å². The summed E-state index contributed by atoms with van der Waals surface area (Å²) in [5.41, 5.74) is 0. The molecule has 0 fully saturated rings. The van der Waals surface area contributed by atoms with E-state index in [2.05, 4.69) is 21.0 Å². The summed E-state index contributed by atoms with van der Waals surface area (Å²) in [5, 5.41) is 14.6. The third kappa shape index (κ3) is 2.01. The smallest absolute Gasteiger partial charge is 0.358 e. The van der Waals surface area contributed by atoms with E-state index in [-0.39, 0.29) is 5.82 Å². The van der Waals surface area contributed by atoms with Crippen LogP contribution in [0.4, 0.5) is 5.82 Å². The molecule has 5 nitrogen and oxygen atoms in total. The van der Waals surface area contributed by atoms with Gasteiger partial charge in [0.05, 0.1) is 23.9 Å². The number of hydrogen-bond acceptors (Lipinski definition) is 3. The van der Waals surface area contributed by atoms with E-state index in [4.69, 9.17) is 0 Å². The van der Waals surface area contributed by atoms with Crippen molar-refractivity contribution in [2.45, 2.75) is 6.54 Å². The van der Waals surface area contributed by atoms with Crippen LogP contribution in [-0.4, -0.2) is 20.0 Å². The van der Waals surface area contributed by atoms with Crippen LogP contribution in [0.15, 0.2) is 12.3 Å². The molecule has 0 atom stereocenters. The Kier molecular flexibility index (Phi) is 2.58. The summed E-state index contributed by atoms with van der Waals surface area (Å²) >= 11 is 3.20. The SMILES string of the molecule is O=[N+]([O-])c1ccn(CCBr)n1. The fourth-order valence-corrected chi connectivity index (χ4v) is 1.02. The van der Waals surface area contributed by atoms with Crippen LogP contribution in [0, 0.1) is 10.1 Å². The second kappa shape index (κ2) is 3.47. The number of nitro groups is 1. The van der Waals surface area contributed by atoms with Crippen molar-refractivity contribution in [1.82, 2.24) is 9.78 Å². The monoisotopic (exact) mass is 219 g/mol. The highest BCUT2D eigenvalue weighted by molar-refractivity contribution is 9.09. The Morgan fingerprint density at radius 1 is 1.82 bits per heavy atom. The maximum Gasteiger partial charge on any atom is 0.389 e. The number of aryl methyl sites for hydroxylation is 1. The van der Waals surface area contributed by atoms with Crippen molar-refractivity contribution in [2.24, 2.45) is 0 Å². The van der Waals surface area contributed by atoms with E-state index in [1.165, 1.54) is 10.7 Å². The van der Waals surface area contributed by atoms with E-state index < -0.39 is 4.92 Å². The van der Waals surface area contributed by atoms with Crippen molar-refractivity contribution in [2.75, 3.05) is 5.33 Å². The van der Waals surface area contributed by atoms with Gasteiger partial charge in [0.2, 0.25) is 0 Å². The maximum atomic E-state index is 10.1. The van der Waals surface area contributed by atoms with Gasteiger partial charge in [-0.05, 0) is 4.92 Å². The normalized spacial score (nSPS) is 9.91. The third-order valence-electron chi connectivity index (χ3n) is 1.13. The first-order chi connectivity index (χ1) is 5.24. The maximum absolute atomic E-state index is 10.1. The van der Waals surface area contributed by atoms with E-state index in [0.29, 0.717) is 6.54 Å². The number of halogens is 1. The van der Waals surface area contributed by atoms with Gasteiger partial charge < -0.3 is 10.1 Å². The van der Waals surface area contributed by atoms with Gasteiger partial charge in [0.25, 0.3) is 0 Å². The molecule has 0 aromatic carbocycles. The molecule has 0 radical (unpaired) electrons. The van der Waals surface area contributed by atoms with Crippen LogP contribution >= 0.6 is 15.9 Å². The number of nitrogens with zero attached hydrogens (tertiary/aromatic N) is 3. The average Bonchev–Trinajstić information content (AvgIpc) is 2.37. The quantitative estimate of drug-likeness (QED) is 0.436. The molecule has 1 rings (SSSR count). The van der Waals surface area contributed by atoms with Gasteiger partial charge >= 0.3 is 5.82 Å². The minimum absolute atomic E-state index is 0.106. The summed E-state index contributed by atoms with van der Waals surface area (Å²) in [6.45, 7) is 0.647. The molecule has 0 spiro atoms. The predicted octanol–water partition coefficient (Wildman–Crippen LogP) is 1.19. The van der Waals surface area contributed by atoms with Gasteiger partial charge in [0.15, 0.2) is 0 Å². The van der Waals surface area contributed by atoms with E-state index >= 15 is 0 Å². The van der Waals surface area contributed by atoms with E-state index in [0.717, 1.165) is 5.33 Å². The lowest BCUT2D eigenvalue weighted by Gasteiger charge is -1.87. The van der Waals surface area contributed by atoms with Gasteiger partial charge in [0, 0.05) is 5.33 Å². The van der Waals surface area contributed by atoms with Crippen molar-refractivity contribution >= 4 is 21.7 Å². The minimum atomic E-state index is -0.509. The van der Waals surface area contributed by atoms with Crippen LogP contribution in [0.5, 0.6) is 0 Å². The van der Waals surface area contributed by atoms with Gasteiger partial charge in [-0.3, -0.25) is 0 Å². The van der Waals surface area contributed by atoms with Gasteiger partial charge in [-0.2, -0.15) is 4.68 Å². The Hall–Kier alpha value is -0.910. The lowest BCUT2D eigenvalue weighted by atomic mass is 10.6. The number of alkyl halides is 1. The molecule has 0 N–H and O–H groups in total. The Balaban J connectivity index is 2.73. The Morgan fingerprint density at radius 2 is 2.55 bits per heavy atom. The minimum Gasteiger partial charge on any atom is -0.358 e. The van der Waals surface area contributed by atoms with Crippen molar-refractivity contribution in [3.05, 3.63) is 22.4 Å². The molecular formula is C5H6BrN3O2. The lowest BCUT2D eigenvalue weighted by molar-refractivity contribution is -0.389. The molecule has 0 bridgehead atoms. The second-order valence-electron chi connectivity index (χ2n) is 1.88. The molecule has 0 saturated carbocycles. The first kappa shape index (κ1) is 8.19. The highest BCUT2D eigenvalue weighted by Crippen LogP contribution is 2.04. The molecule has 0 amide bonds. The first-order valence-electron chi connectivity index (χ1n) is 2.98. The summed E-state index contributed by atoms with van der Waals surface area (Å²) in [7, 11) is 0. The second-order valence-corrected chi connectivity index (χ2v) is 2.68. The van der Waals surface area contributed by atoms with Crippen LogP contribution in [0.25, 0.3) is 0 Å². The molecule has 60 valence electrons. The van der Waals surface area contributed by atoms with Crippen LogP contribution in [-0.2, 0) is 6.54 Å². The number of hydrogen-bond donors (Lipinski definition) is 0. The molecular weight excluding hydrogens is 214 g/mol. The van der Waals surface area contributed by atoms with Crippen molar-refractivity contribution in [3.63, 3.8) is 0 Å². The zero-order valence-electron chi connectivity index (χ0n) is 5.61. The zero-order valence-corrected chi connectivity index (χ0v) is 7.19. The highest BCUT2D eigenvalue weighted by atomic mass is 79.9. The molecule has 0 unspecified atom stereocenters. The zero-order chi connectivity index (χ0) is 8.27. The predicted molar refractivity (Wildman–Crippen MR) is 42.7 cm³/mol. The first-order valence-corrected chi connectivity index (χ1v) is 4.10. The number of rotatable bonds is 3. The molecule has 0 aliphatic carbocycles. The van der Waals surface area contributed by atoms with Gasteiger partial charge in [-0.25, -0.2) is 0 Å². The molecule has 0 saturated heterocycles. The van der Waals surface area contributed by atoms with Crippen molar-refractivity contribution in [3.8, 4) is 0 Å². The Morgan fingerprint density at radius 3 is 3.00 bits per heavy atom. The molecule has 1 aromatic rings. The van der Waals surface area contributed by atoms with Crippen molar-refractivity contribution < 1.29 is 4.92 Å². The Bertz CT molecular complexity index is 260. The van der Waals surface area contributed by atoms with E-state index in [1.807, 2.05) is 0 Å². The van der Waals surface area contributed by atoms with Crippen molar-refractivity contribution in [1.29, 1.82) is 0 Å². The molecule has 11 heavy (non-hydrogen) atoms. The molecule has 0 aliphatic rings. The molecule has 1 heterocycles. The highest BCUT2D eigenvalue weighted by Gasteiger charge is 2.09. The fraction of sp³-hybridized carbons (Fsp3) is 0.400. The standard InChI is InChI=1S/C5H6BrN3O2/c6-2-4-8-3-1-5(7-8)9(10)11/h1,3H,2,4H2. The summed E-state index contributed by atoms with van der Waals surface area (Å²) in [6, 6.07) is 1.38. The largest absolute Gasteiger partial charge is 0.389 e. The van der Waals surface area contributed by atoms with Crippen LogP contribution in [0.1, 0.15) is 0 Å². The summed E-state index contributed by atoms with van der Waals surface area (Å²) < 4.78 is 1.52. The summed E-state index contributed by atoms with van der Waals surface area (Å²) in [5.74, 6) is -0.106. The van der Waals surface area contributed by atoms with Crippen LogP contribution in [0.3, 0.4) is 0 Å². The van der Waals surface area contributed by atoms with E-state index in [9.17, 15) is 10.1 Å². The number of aromatic nitrogens is 2. The molecule has 1 aromatic heterocycles.